The zero-order valence-electron chi connectivity index (χ0n) is 21.8. The highest BCUT2D eigenvalue weighted by Gasteiger charge is 2.21. The number of rotatable bonds is 7. The number of benzene rings is 2. The van der Waals surface area contributed by atoms with Gasteiger partial charge in [-0.2, -0.15) is 11.3 Å². The van der Waals surface area contributed by atoms with E-state index in [2.05, 4.69) is 16.8 Å². The van der Waals surface area contributed by atoms with Crippen molar-refractivity contribution in [3.8, 4) is 17.2 Å². The number of halogens is 1. The number of aryl methyl sites for hydroxylation is 2. The highest BCUT2D eigenvalue weighted by atomic mass is 32.1. The molecule has 7 nitrogen and oxygen atoms in total. The number of carbonyl (C=O) groups is 2. The van der Waals surface area contributed by atoms with Crippen LogP contribution in [0.15, 0.2) is 53.2 Å². The Bertz CT molecular complexity index is 1230. The van der Waals surface area contributed by atoms with Gasteiger partial charge in [0.25, 0.3) is 0 Å². The van der Waals surface area contributed by atoms with E-state index in [1.807, 2.05) is 11.4 Å². The van der Waals surface area contributed by atoms with Crippen molar-refractivity contribution < 1.29 is 32.9 Å². The molecule has 2 aromatic carbocycles. The highest BCUT2D eigenvalue weighted by molar-refractivity contribution is 7.07. The van der Waals surface area contributed by atoms with Gasteiger partial charge in [0, 0.05) is 11.8 Å². The number of hydrogen-bond acceptors (Lipinski definition) is 7. The Morgan fingerprint density at radius 1 is 0.838 bits per heavy atom. The number of thiophene rings is 1. The van der Waals surface area contributed by atoms with Gasteiger partial charge in [-0.3, -0.25) is 5.32 Å². The van der Waals surface area contributed by atoms with Crippen LogP contribution in [0.1, 0.15) is 52.7 Å². The van der Waals surface area contributed by atoms with E-state index in [0.29, 0.717) is 6.42 Å². The SMILES string of the molecule is CC(C)(C)OC(=O)Nc1ccc(Oc2ccc(CCc3ccsc3)cc2OC(=O)OC(C)(C)C)c(F)c1. The van der Waals surface area contributed by atoms with Crippen LogP contribution in [-0.2, 0) is 22.3 Å². The molecule has 0 radical (unpaired) electrons. The summed E-state index contributed by atoms with van der Waals surface area (Å²) in [6, 6.07) is 11.2. The van der Waals surface area contributed by atoms with Crippen molar-refractivity contribution in [2.24, 2.45) is 0 Å². The molecule has 0 spiro atoms. The predicted octanol–water partition coefficient (Wildman–Crippen LogP) is 8.13. The normalized spacial score (nSPS) is 11.5. The van der Waals surface area contributed by atoms with Gasteiger partial charge in [0.1, 0.15) is 11.2 Å². The summed E-state index contributed by atoms with van der Waals surface area (Å²) in [5.74, 6) is -0.600. The van der Waals surface area contributed by atoms with Crippen molar-refractivity contribution >= 4 is 29.3 Å². The zero-order valence-corrected chi connectivity index (χ0v) is 22.7. The van der Waals surface area contributed by atoms with Crippen LogP contribution in [0.3, 0.4) is 0 Å². The van der Waals surface area contributed by atoms with E-state index in [1.165, 1.54) is 17.7 Å². The molecule has 0 unspecified atom stereocenters. The molecule has 0 bridgehead atoms. The predicted molar refractivity (Wildman–Crippen MR) is 141 cm³/mol. The topological polar surface area (TPSA) is 83.1 Å². The highest BCUT2D eigenvalue weighted by Crippen LogP contribution is 2.35. The third-order valence-electron chi connectivity index (χ3n) is 4.67. The molecule has 198 valence electrons. The Balaban J connectivity index is 1.79. The molecule has 1 N–H and O–H groups in total. The average Bonchev–Trinajstić information content (AvgIpc) is 3.26. The third-order valence-corrected chi connectivity index (χ3v) is 5.40. The first kappa shape index (κ1) is 28.0. The first-order chi connectivity index (χ1) is 17.3. The molecule has 0 aliphatic rings. The van der Waals surface area contributed by atoms with E-state index in [9.17, 15) is 14.0 Å². The molecule has 1 aromatic heterocycles. The lowest BCUT2D eigenvalue weighted by Gasteiger charge is -2.20. The van der Waals surface area contributed by atoms with Crippen LogP contribution < -0.4 is 14.8 Å². The second kappa shape index (κ2) is 11.6. The van der Waals surface area contributed by atoms with Gasteiger partial charge in [0.15, 0.2) is 23.1 Å². The molecule has 3 rings (SSSR count). The second-order valence-electron chi connectivity index (χ2n) is 10.4. The lowest BCUT2D eigenvalue weighted by Crippen LogP contribution is -2.27. The third kappa shape index (κ3) is 9.42. The molecule has 0 aliphatic carbocycles. The number of anilines is 1. The molecule has 0 aliphatic heterocycles. The molecule has 0 fully saturated rings. The van der Waals surface area contributed by atoms with Crippen LogP contribution in [0.5, 0.6) is 17.2 Å². The number of ether oxygens (including phenoxy) is 4. The molecular formula is C28H32FNO6S. The summed E-state index contributed by atoms with van der Waals surface area (Å²) >= 11 is 1.63. The van der Waals surface area contributed by atoms with E-state index in [1.54, 1.807) is 65.0 Å². The number of carbonyl (C=O) groups excluding carboxylic acids is 2. The molecule has 0 saturated heterocycles. The molecule has 37 heavy (non-hydrogen) atoms. The summed E-state index contributed by atoms with van der Waals surface area (Å²) < 4.78 is 36.5. The fourth-order valence-corrected chi connectivity index (χ4v) is 3.86. The number of hydrogen-bond donors (Lipinski definition) is 1. The Morgan fingerprint density at radius 2 is 1.51 bits per heavy atom. The molecule has 9 heteroatoms. The smallest absolute Gasteiger partial charge is 0.450 e. The van der Waals surface area contributed by atoms with Gasteiger partial charge in [0.05, 0.1) is 0 Å². The molecule has 1 amide bonds. The van der Waals surface area contributed by atoms with Crippen molar-refractivity contribution in [2.45, 2.75) is 65.6 Å². The van der Waals surface area contributed by atoms with Crippen molar-refractivity contribution in [1.82, 2.24) is 0 Å². The molecular weight excluding hydrogens is 497 g/mol. The molecule has 0 atom stereocenters. The van der Waals surface area contributed by atoms with Gasteiger partial charge in [-0.15, -0.1) is 0 Å². The van der Waals surface area contributed by atoms with Gasteiger partial charge < -0.3 is 18.9 Å². The minimum Gasteiger partial charge on any atom is -0.450 e. The zero-order chi connectivity index (χ0) is 27.2. The van der Waals surface area contributed by atoms with Crippen molar-refractivity contribution in [3.05, 3.63) is 70.2 Å². The summed E-state index contributed by atoms with van der Waals surface area (Å²) in [5.41, 5.74) is 0.883. The van der Waals surface area contributed by atoms with Gasteiger partial charge in [-0.25, -0.2) is 14.0 Å². The first-order valence-electron chi connectivity index (χ1n) is 11.8. The Morgan fingerprint density at radius 3 is 2.14 bits per heavy atom. The molecule has 0 saturated carbocycles. The minimum atomic E-state index is -0.898. The molecule has 3 aromatic rings. The van der Waals surface area contributed by atoms with Crippen LogP contribution >= 0.6 is 11.3 Å². The van der Waals surface area contributed by atoms with Gasteiger partial charge in [0.2, 0.25) is 0 Å². The van der Waals surface area contributed by atoms with Crippen LogP contribution in [0.25, 0.3) is 0 Å². The van der Waals surface area contributed by atoms with E-state index in [0.717, 1.165) is 18.1 Å². The maximum atomic E-state index is 14.8. The summed E-state index contributed by atoms with van der Waals surface area (Å²) in [6.07, 6.45) is -0.0754. The van der Waals surface area contributed by atoms with Crippen LogP contribution in [0.4, 0.5) is 19.7 Å². The Hall–Kier alpha value is -3.59. The van der Waals surface area contributed by atoms with Crippen molar-refractivity contribution in [3.63, 3.8) is 0 Å². The van der Waals surface area contributed by atoms with Gasteiger partial charge in [-0.05, 0) is 107 Å². The summed E-state index contributed by atoms with van der Waals surface area (Å²) in [4.78, 5) is 24.4. The number of amides is 1. The maximum Gasteiger partial charge on any atom is 0.514 e. The largest absolute Gasteiger partial charge is 0.514 e. The maximum absolute atomic E-state index is 14.8. The fourth-order valence-electron chi connectivity index (χ4n) is 3.16. The summed E-state index contributed by atoms with van der Waals surface area (Å²) in [5, 5.41) is 6.58. The van der Waals surface area contributed by atoms with E-state index >= 15 is 0 Å². The van der Waals surface area contributed by atoms with Crippen molar-refractivity contribution in [2.75, 3.05) is 5.32 Å². The Kier molecular flexibility index (Phi) is 8.81. The standard InChI is InChI=1S/C28H32FNO6S/c1-27(2,3)35-25(31)30-20-10-12-22(21(29)16-20)33-23-11-9-18(7-8-19-13-14-37-17-19)15-24(23)34-26(32)36-28(4,5)6/h9-17H,7-8H2,1-6H3,(H,30,31). The lowest BCUT2D eigenvalue weighted by molar-refractivity contribution is 0.0201. The molecule has 1 heterocycles. The summed E-state index contributed by atoms with van der Waals surface area (Å²) in [7, 11) is 0. The first-order valence-corrected chi connectivity index (χ1v) is 12.7. The summed E-state index contributed by atoms with van der Waals surface area (Å²) in [6.45, 7) is 10.4. The van der Waals surface area contributed by atoms with Crippen molar-refractivity contribution in [1.29, 1.82) is 0 Å². The second-order valence-corrected chi connectivity index (χ2v) is 11.1. The quantitative estimate of drug-likeness (QED) is 0.246. The van der Waals surface area contributed by atoms with Crippen LogP contribution in [0.2, 0.25) is 0 Å². The monoisotopic (exact) mass is 529 g/mol. The van der Waals surface area contributed by atoms with Crippen LogP contribution in [-0.4, -0.2) is 23.5 Å². The van der Waals surface area contributed by atoms with Gasteiger partial charge >= 0.3 is 12.2 Å². The average molecular weight is 530 g/mol. The van der Waals surface area contributed by atoms with E-state index < -0.39 is 29.3 Å². The van der Waals surface area contributed by atoms with E-state index in [-0.39, 0.29) is 22.9 Å². The lowest BCUT2D eigenvalue weighted by atomic mass is 10.1. The van der Waals surface area contributed by atoms with Gasteiger partial charge in [-0.1, -0.05) is 6.07 Å². The van der Waals surface area contributed by atoms with E-state index in [4.69, 9.17) is 18.9 Å². The number of nitrogens with one attached hydrogen (secondary N) is 1. The fraction of sp³-hybridized carbons (Fsp3) is 0.357. The minimum absolute atomic E-state index is 0.104. The Labute approximate surface area is 220 Å². The van der Waals surface area contributed by atoms with Crippen LogP contribution in [0, 0.1) is 5.82 Å².